The molecule has 0 fully saturated rings. The summed E-state index contributed by atoms with van der Waals surface area (Å²) in [4.78, 5) is 7.91. The molecule has 1 aliphatic rings. The lowest BCUT2D eigenvalue weighted by molar-refractivity contribution is 0.228. The fourth-order valence-corrected chi connectivity index (χ4v) is 3.17. The van der Waals surface area contributed by atoms with Gasteiger partial charge in [0.05, 0.1) is 27.9 Å². The molecule has 134 valence electrons. The van der Waals surface area contributed by atoms with Crippen LogP contribution in [-0.4, -0.2) is 38.8 Å². The van der Waals surface area contributed by atoms with Gasteiger partial charge in [-0.3, -0.25) is 0 Å². The lowest BCUT2D eigenvalue weighted by Crippen LogP contribution is -2.07. The third-order valence-electron chi connectivity index (χ3n) is 4.47. The molecule has 4 rings (SSSR count). The van der Waals surface area contributed by atoms with Gasteiger partial charge in [-0.2, -0.15) is 0 Å². The largest absolute Gasteiger partial charge is 0.493 e. The molecule has 6 heteroatoms. The second-order valence-electron chi connectivity index (χ2n) is 5.98. The van der Waals surface area contributed by atoms with Crippen molar-refractivity contribution in [3.63, 3.8) is 0 Å². The van der Waals surface area contributed by atoms with E-state index in [4.69, 9.17) is 18.9 Å². The Hall–Kier alpha value is -3.15. The average Bonchev–Trinajstić information content (AvgIpc) is 3.33. The van der Waals surface area contributed by atoms with E-state index in [1.807, 2.05) is 36.4 Å². The number of aliphatic imine (C=N–C) groups is 1. The molecule has 3 aromatic rings. The van der Waals surface area contributed by atoms with Crippen LogP contribution in [0.25, 0.3) is 10.9 Å². The number of ether oxygens (including phenoxy) is 4. The van der Waals surface area contributed by atoms with Crippen molar-refractivity contribution in [1.29, 1.82) is 0 Å². The third kappa shape index (κ3) is 2.73. The number of H-pyrrole nitrogens is 1. The van der Waals surface area contributed by atoms with Gasteiger partial charge in [0, 0.05) is 16.5 Å². The summed E-state index contributed by atoms with van der Waals surface area (Å²) < 4.78 is 22.3. The van der Waals surface area contributed by atoms with Crippen molar-refractivity contribution in [3.05, 3.63) is 53.7 Å². The lowest BCUT2D eigenvalue weighted by Gasteiger charge is -2.17. The first-order chi connectivity index (χ1) is 12.7. The maximum Gasteiger partial charge on any atom is 0.233 e. The van der Waals surface area contributed by atoms with Gasteiger partial charge in [0.2, 0.25) is 11.6 Å². The Morgan fingerprint density at radius 2 is 1.73 bits per heavy atom. The molecule has 26 heavy (non-hydrogen) atoms. The molecule has 6 nitrogen and oxygen atoms in total. The second-order valence-corrected chi connectivity index (χ2v) is 5.98. The summed E-state index contributed by atoms with van der Waals surface area (Å²) in [5, 5.41) is 1.13. The van der Waals surface area contributed by atoms with E-state index < -0.39 is 0 Å². The molecule has 1 atom stereocenters. The number of rotatable bonds is 5. The van der Waals surface area contributed by atoms with Crippen molar-refractivity contribution in [1.82, 2.24) is 4.98 Å². The number of para-hydroxylation sites is 1. The van der Waals surface area contributed by atoms with Crippen LogP contribution in [0.15, 0.2) is 47.5 Å². The molecular weight excluding hydrogens is 332 g/mol. The molecule has 0 radical (unpaired) electrons. The number of aromatic nitrogens is 1. The van der Waals surface area contributed by atoms with Gasteiger partial charge in [-0.1, -0.05) is 18.2 Å². The Balaban J connectivity index is 1.61. The van der Waals surface area contributed by atoms with E-state index in [9.17, 15) is 0 Å². The summed E-state index contributed by atoms with van der Waals surface area (Å²) in [5.41, 5.74) is 2.86. The molecule has 0 aliphatic carbocycles. The summed E-state index contributed by atoms with van der Waals surface area (Å²) in [6.45, 7) is 0.531. The van der Waals surface area contributed by atoms with Gasteiger partial charge in [-0.25, -0.2) is 4.99 Å². The molecule has 2 aromatic carbocycles. The highest BCUT2D eigenvalue weighted by Crippen LogP contribution is 2.41. The number of methoxy groups -OCH3 is 3. The Bertz CT molecular complexity index is 919. The van der Waals surface area contributed by atoms with E-state index in [2.05, 4.69) is 16.0 Å². The maximum absolute atomic E-state index is 6.10. The minimum atomic E-state index is -0.204. The van der Waals surface area contributed by atoms with Crippen LogP contribution in [-0.2, 0) is 4.74 Å². The number of benzene rings is 2. The maximum atomic E-state index is 6.10. The van der Waals surface area contributed by atoms with E-state index in [1.165, 1.54) is 0 Å². The molecule has 1 unspecified atom stereocenters. The molecule has 0 saturated carbocycles. The van der Waals surface area contributed by atoms with Crippen molar-refractivity contribution >= 4 is 16.8 Å². The van der Waals surface area contributed by atoms with Gasteiger partial charge in [0.1, 0.15) is 11.8 Å². The van der Waals surface area contributed by atoms with Crippen molar-refractivity contribution in [2.45, 2.75) is 6.10 Å². The van der Waals surface area contributed by atoms with Crippen molar-refractivity contribution in [2.75, 3.05) is 27.9 Å². The van der Waals surface area contributed by atoms with Crippen molar-refractivity contribution in [2.24, 2.45) is 4.99 Å². The van der Waals surface area contributed by atoms with Crippen LogP contribution >= 0.6 is 0 Å². The van der Waals surface area contributed by atoms with Crippen LogP contribution in [0.1, 0.15) is 17.4 Å². The van der Waals surface area contributed by atoms with Crippen LogP contribution in [0, 0.1) is 0 Å². The molecule has 0 saturated heterocycles. The monoisotopic (exact) mass is 352 g/mol. The predicted molar refractivity (Wildman–Crippen MR) is 99.6 cm³/mol. The second kappa shape index (κ2) is 6.63. The topological polar surface area (TPSA) is 65.1 Å². The zero-order chi connectivity index (χ0) is 18.1. The van der Waals surface area contributed by atoms with Gasteiger partial charge in [-0.05, 0) is 24.3 Å². The molecule has 2 heterocycles. The minimum absolute atomic E-state index is 0.204. The summed E-state index contributed by atoms with van der Waals surface area (Å²) >= 11 is 0. The summed E-state index contributed by atoms with van der Waals surface area (Å²) in [7, 11) is 4.79. The van der Waals surface area contributed by atoms with Crippen LogP contribution in [0.5, 0.6) is 17.2 Å². The Morgan fingerprint density at radius 3 is 2.38 bits per heavy atom. The first-order valence-electron chi connectivity index (χ1n) is 8.32. The molecule has 0 bridgehead atoms. The first kappa shape index (κ1) is 16.3. The highest BCUT2D eigenvalue weighted by molar-refractivity contribution is 5.98. The summed E-state index contributed by atoms with van der Waals surface area (Å²) in [5.74, 6) is 2.38. The van der Waals surface area contributed by atoms with Gasteiger partial charge in [0.25, 0.3) is 0 Å². The Morgan fingerprint density at radius 1 is 1.00 bits per heavy atom. The smallest absolute Gasteiger partial charge is 0.233 e. The predicted octanol–water partition coefficient (Wildman–Crippen LogP) is 3.71. The third-order valence-corrected chi connectivity index (χ3v) is 4.47. The van der Waals surface area contributed by atoms with Crippen LogP contribution < -0.4 is 14.2 Å². The highest BCUT2D eigenvalue weighted by atomic mass is 16.5. The minimum Gasteiger partial charge on any atom is -0.493 e. The first-order valence-corrected chi connectivity index (χ1v) is 8.32. The lowest BCUT2D eigenvalue weighted by atomic mass is 10.1. The molecule has 0 amide bonds. The fourth-order valence-electron chi connectivity index (χ4n) is 3.17. The van der Waals surface area contributed by atoms with E-state index in [0.29, 0.717) is 29.7 Å². The average molecular weight is 352 g/mol. The van der Waals surface area contributed by atoms with Crippen LogP contribution in [0.4, 0.5) is 0 Å². The molecular formula is C20H20N2O4. The van der Waals surface area contributed by atoms with Gasteiger partial charge < -0.3 is 23.9 Å². The van der Waals surface area contributed by atoms with Crippen LogP contribution in [0.2, 0.25) is 0 Å². The number of hydrogen-bond acceptors (Lipinski definition) is 5. The molecule has 0 spiro atoms. The van der Waals surface area contributed by atoms with Crippen molar-refractivity contribution in [3.8, 4) is 17.2 Å². The van der Waals surface area contributed by atoms with E-state index in [1.54, 1.807) is 21.3 Å². The number of hydrogen-bond donors (Lipinski definition) is 1. The van der Waals surface area contributed by atoms with Gasteiger partial charge in [0.15, 0.2) is 11.5 Å². The summed E-state index contributed by atoms with van der Waals surface area (Å²) in [6, 6.07) is 13.9. The summed E-state index contributed by atoms with van der Waals surface area (Å²) in [6.07, 6.45) is -0.204. The van der Waals surface area contributed by atoms with Gasteiger partial charge in [-0.15, -0.1) is 0 Å². The number of fused-ring (bicyclic) bond motifs is 1. The van der Waals surface area contributed by atoms with E-state index in [-0.39, 0.29) is 6.10 Å². The van der Waals surface area contributed by atoms with Crippen molar-refractivity contribution < 1.29 is 18.9 Å². The zero-order valence-electron chi connectivity index (χ0n) is 14.9. The Kier molecular flexibility index (Phi) is 4.16. The van der Waals surface area contributed by atoms with E-state index >= 15 is 0 Å². The van der Waals surface area contributed by atoms with Crippen LogP contribution in [0.3, 0.4) is 0 Å². The number of nitrogens with one attached hydrogen (secondary N) is 1. The highest BCUT2D eigenvalue weighted by Gasteiger charge is 2.26. The van der Waals surface area contributed by atoms with Gasteiger partial charge >= 0.3 is 0 Å². The number of nitrogens with zero attached hydrogens (tertiary/aromatic N) is 1. The van der Waals surface area contributed by atoms with E-state index in [0.717, 1.165) is 22.2 Å². The SMILES string of the molecule is COc1cc(C2CN=C(c3cc4ccccc4[nH]3)O2)cc(OC)c1OC. The fraction of sp³-hybridized carbons (Fsp3) is 0.250. The molecule has 1 aromatic heterocycles. The standard InChI is InChI=1S/C20H20N2O4/c1-23-16-9-13(10-17(24-2)19(16)25-3)18-11-21-20(26-18)15-8-12-6-4-5-7-14(12)22-15/h4-10,18,22H,11H2,1-3H3. The normalized spacial score (nSPS) is 16.3. The zero-order valence-corrected chi connectivity index (χ0v) is 14.9. The Labute approximate surface area is 151 Å². The molecule has 1 N–H and O–H groups in total. The molecule has 1 aliphatic heterocycles. The quantitative estimate of drug-likeness (QED) is 0.760. The number of aromatic amines is 1.